The van der Waals surface area contributed by atoms with Crippen LogP contribution in [0.2, 0.25) is 0 Å². The quantitative estimate of drug-likeness (QED) is 0.162. The summed E-state index contributed by atoms with van der Waals surface area (Å²) in [6.45, 7) is 6.29. The van der Waals surface area contributed by atoms with Gasteiger partial charge in [0.05, 0.1) is 22.1 Å². The number of nitrogens with zero attached hydrogens (tertiary/aromatic N) is 2. The summed E-state index contributed by atoms with van der Waals surface area (Å²) in [6.07, 6.45) is 4.15. The van der Waals surface area contributed by atoms with Crippen LogP contribution in [0.3, 0.4) is 0 Å². The van der Waals surface area contributed by atoms with Gasteiger partial charge in [-0.2, -0.15) is 0 Å². The smallest absolute Gasteiger partial charge is 0.134 e. The van der Waals surface area contributed by atoms with Gasteiger partial charge in [0.1, 0.15) is 11.3 Å². The Morgan fingerprint density at radius 3 is 1.75 bits per heavy atom. The summed E-state index contributed by atoms with van der Waals surface area (Å²) in [5, 5.41) is 5.99. The number of furan rings is 1. The first kappa shape index (κ1) is 30.0. The van der Waals surface area contributed by atoms with E-state index >= 15 is 0 Å². The number of fused-ring (bicyclic) bond motifs is 7. The van der Waals surface area contributed by atoms with E-state index in [1.807, 2.05) is 25.1 Å². The molecule has 0 aliphatic carbocycles. The Morgan fingerprint density at radius 1 is 0.500 bits per heavy atom. The standard InChI is InChI=1S/C49H34N2O/c1-3-37(31-42-32(2)52-49-20-12-9-17-41(42)49)50-45-18-10-7-15-39(45)43-29-35(23-27-47(43)50)36-24-28-48-44(30-36)40-16-8-11-19-46(40)51(48)38-25-21-34(22-26-38)33-13-5-4-6-14-33/h3-31H,1H2,2H3/b37-31+. The second-order valence-electron chi connectivity index (χ2n) is 13.4. The number of hydrogen-bond donors (Lipinski definition) is 0. The van der Waals surface area contributed by atoms with Gasteiger partial charge in [-0.25, -0.2) is 0 Å². The van der Waals surface area contributed by atoms with E-state index in [-0.39, 0.29) is 0 Å². The fraction of sp³-hybridized carbons (Fsp3) is 0.0204. The minimum Gasteiger partial charge on any atom is -0.461 e. The molecular weight excluding hydrogens is 633 g/mol. The van der Waals surface area contributed by atoms with Crippen molar-refractivity contribution in [2.45, 2.75) is 6.92 Å². The summed E-state index contributed by atoms with van der Waals surface area (Å²) in [5.41, 5.74) is 13.6. The first-order chi connectivity index (χ1) is 25.7. The summed E-state index contributed by atoms with van der Waals surface area (Å²) in [4.78, 5) is 0. The molecule has 0 saturated carbocycles. The Kier molecular flexibility index (Phi) is 6.87. The van der Waals surface area contributed by atoms with E-state index < -0.39 is 0 Å². The van der Waals surface area contributed by atoms with Crippen molar-refractivity contribution in [2.24, 2.45) is 0 Å². The molecule has 0 aliphatic rings. The normalized spacial score (nSPS) is 12.1. The summed E-state index contributed by atoms with van der Waals surface area (Å²) in [5.74, 6) is 0.893. The van der Waals surface area contributed by atoms with Crippen molar-refractivity contribution in [1.29, 1.82) is 0 Å². The number of allylic oxidation sites excluding steroid dienone is 2. The molecule has 0 radical (unpaired) electrons. The van der Waals surface area contributed by atoms with E-state index in [0.717, 1.165) is 44.7 Å². The van der Waals surface area contributed by atoms with Crippen molar-refractivity contribution in [3.8, 4) is 27.9 Å². The maximum absolute atomic E-state index is 6.12. The highest BCUT2D eigenvalue weighted by Gasteiger charge is 2.17. The van der Waals surface area contributed by atoms with Gasteiger partial charge in [-0.1, -0.05) is 116 Å². The monoisotopic (exact) mass is 666 g/mol. The van der Waals surface area contributed by atoms with E-state index in [9.17, 15) is 0 Å². The topological polar surface area (TPSA) is 23.0 Å². The van der Waals surface area contributed by atoms with Crippen molar-refractivity contribution >= 4 is 66.4 Å². The molecule has 7 aromatic carbocycles. The summed E-state index contributed by atoms with van der Waals surface area (Å²) in [6, 6.07) is 58.8. The minimum absolute atomic E-state index is 0.891. The summed E-state index contributed by atoms with van der Waals surface area (Å²) in [7, 11) is 0. The minimum atomic E-state index is 0.891. The Hall–Kier alpha value is -6.84. The first-order valence-corrected chi connectivity index (χ1v) is 17.7. The second-order valence-corrected chi connectivity index (χ2v) is 13.4. The van der Waals surface area contributed by atoms with E-state index in [0.29, 0.717) is 0 Å². The zero-order valence-corrected chi connectivity index (χ0v) is 28.8. The Balaban J connectivity index is 1.11. The predicted octanol–water partition coefficient (Wildman–Crippen LogP) is 13.5. The molecule has 0 saturated heterocycles. The number of para-hydroxylation sites is 3. The molecule has 10 aromatic rings. The molecule has 10 rings (SSSR count). The van der Waals surface area contributed by atoms with Crippen molar-refractivity contribution < 1.29 is 4.42 Å². The van der Waals surface area contributed by atoms with Gasteiger partial charge in [0, 0.05) is 43.9 Å². The van der Waals surface area contributed by atoms with Crippen LogP contribution in [0.5, 0.6) is 0 Å². The van der Waals surface area contributed by atoms with Crippen molar-refractivity contribution in [3.05, 3.63) is 188 Å². The van der Waals surface area contributed by atoms with Crippen LogP contribution in [0, 0.1) is 6.92 Å². The fourth-order valence-corrected chi connectivity index (χ4v) is 8.02. The van der Waals surface area contributed by atoms with E-state index in [4.69, 9.17) is 4.42 Å². The zero-order chi connectivity index (χ0) is 34.8. The van der Waals surface area contributed by atoms with Crippen LogP contribution in [0.25, 0.3) is 94.3 Å². The van der Waals surface area contributed by atoms with E-state index in [1.54, 1.807) is 0 Å². The lowest BCUT2D eigenvalue weighted by Gasteiger charge is -2.11. The molecule has 0 bridgehead atoms. The van der Waals surface area contributed by atoms with E-state index in [2.05, 4.69) is 173 Å². The third-order valence-corrected chi connectivity index (χ3v) is 10.5. The van der Waals surface area contributed by atoms with Gasteiger partial charge in [0.2, 0.25) is 0 Å². The highest BCUT2D eigenvalue weighted by molar-refractivity contribution is 6.14. The second kappa shape index (κ2) is 11.9. The molecule has 246 valence electrons. The van der Waals surface area contributed by atoms with Crippen LogP contribution >= 0.6 is 0 Å². The first-order valence-electron chi connectivity index (χ1n) is 17.7. The lowest BCUT2D eigenvalue weighted by atomic mass is 10.0. The average molecular weight is 667 g/mol. The molecule has 0 fully saturated rings. The number of aromatic nitrogens is 2. The lowest BCUT2D eigenvalue weighted by Crippen LogP contribution is -1.94. The molecule has 0 amide bonds. The van der Waals surface area contributed by atoms with E-state index in [1.165, 1.54) is 54.8 Å². The van der Waals surface area contributed by atoms with Crippen molar-refractivity contribution in [2.75, 3.05) is 0 Å². The van der Waals surface area contributed by atoms with Crippen LogP contribution in [-0.2, 0) is 0 Å². The van der Waals surface area contributed by atoms with Crippen LogP contribution in [0.4, 0.5) is 0 Å². The molecule has 0 aliphatic heterocycles. The number of rotatable bonds is 6. The Bertz CT molecular complexity index is 3020. The van der Waals surface area contributed by atoms with Gasteiger partial charge in [0.15, 0.2) is 0 Å². The molecule has 3 heterocycles. The van der Waals surface area contributed by atoms with Crippen LogP contribution < -0.4 is 0 Å². The van der Waals surface area contributed by atoms with Gasteiger partial charge >= 0.3 is 0 Å². The maximum Gasteiger partial charge on any atom is 0.134 e. The largest absolute Gasteiger partial charge is 0.461 e. The highest BCUT2D eigenvalue weighted by Crippen LogP contribution is 2.39. The molecule has 0 N–H and O–H groups in total. The van der Waals surface area contributed by atoms with Gasteiger partial charge in [-0.15, -0.1) is 0 Å². The van der Waals surface area contributed by atoms with Gasteiger partial charge in [-0.3, -0.25) is 0 Å². The van der Waals surface area contributed by atoms with Crippen molar-refractivity contribution in [1.82, 2.24) is 9.13 Å². The predicted molar refractivity (Wildman–Crippen MR) is 220 cm³/mol. The number of hydrogen-bond acceptors (Lipinski definition) is 1. The van der Waals surface area contributed by atoms with Crippen molar-refractivity contribution in [3.63, 3.8) is 0 Å². The highest BCUT2D eigenvalue weighted by atomic mass is 16.3. The summed E-state index contributed by atoms with van der Waals surface area (Å²) < 4.78 is 10.8. The van der Waals surface area contributed by atoms with Gasteiger partial charge < -0.3 is 13.6 Å². The molecule has 0 spiro atoms. The molecule has 0 atom stereocenters. The maximum atomic E-state index is 6.12. The van der Waals surface area contributed by atoms with Crippen LogP contribution in [0.15, 0.2) is 181 Å². The Morgan fingerprint density at radius 2 is 1.02 bits per heavy atom. The molecule has 3 heteroatoms. The lowest BCUT2D eigenvalue weighted by molar-refractivity contribution is 0.577. The number of benzene rings is 7. The molecule has 3 aromatic heterocycles. The van der Waals surface area contributed by atoms with Gasteiger partial charge in [0.25, 0.3) is 0 Å². The molecule has 0 unspecified atom stereocenters. The van der Waals surface area contributed by atoms with Crippen LogP contribution in [-0.4, -0.2) is 9.13 Å². The SMILES string of the molecule is C=C/C(=C\c1c(C)oc2ccccc12)n1c2ccccc2c2cc(-c3ccc4c(c3)c3ccccc3n4-c3ccc(-c4ccccc4)cc3)ccc21. The third kappa shape index (κ3) is 4.67. The molecule has 3 nitrogen and oxygen atoms in total. The average Bonchev–Trinajstić information content (AvgIpc) is 3.83. The van der Waals surface area contributed by atoms with Gasteiger partial charge in [-0.05, 0) is 95.9 Å². The zero-order valence-electron chi connectivity index (χ0n) is 28.8. The number of aryl methyl sites for hydroxylation is 1. The third-order valence-electron chi connectivity index (χ3n) is 10.5. The molecular formula is C49H34N2O. The van der Waals surface area contributed by atoms with Crippen LogP contribution in [0.1, 0.15) is 11.3 Å². The molecule has 52 heavy (non-hydrogen) atoms. The summed E-state index contributed by atoms with van der Waals surface area (Å²) >= 11 is 0. The fourth-order valence-electron chi connectivity index (χ4n) is 8.02. The Labute approximate surface area is 301 Å².